The first-order chi connectivity index (χ1) is 7.45. The van der Waals surface area contributed by atoms with Gasteiger partial charge in [-0.2, -0.15) is 0 Å². The molecule has 0 aliphatic carbocycles. The number of unbranched alkanes of at least 4 members (excludes halogenated alkanes) is 2. The molecule has 0 saturated carbocycles. The lowest BCUT2D eigenvalue weighted by atomic mass is 10.2. The van der Waals surface area contributed by atoms with Gasteiger partial charge < -0.3 is 21.7 Å². The Kier molecular flexibility index (Phi) is 12.9. The van der Waals surface area contributed by atoms with E-state index in [0.717, 1.165) is 19.3 Å². The van der Waals surface area contributed by atoms with Gasteiger partial charge in [0.05, 0.1) is 0 Å². The lowest BCUT2D eigenvalue weighted by molar-refractivity contribution is -0.139. The van der Waals surface area contributed by atoms with Crippen molar-refractivity contribution in [3.63, 3.8) is 0 Å². The monoisotopic (exact) mass is 234 g/mol. The summed E-state index contributed by atoms with van der Waals surface area (Å²) in [5.74, 6) is -1.64. The number of carbonyl (C=O) groups is 2. The van der Waals surface area contributed by atoms with Gasteiger partial charge in [0.2, 0.25) is 0 Å². The Balaban J connectivity index is 0. The van der Waals surface area contributed by atoms with Crippen LogP contribution >= 0.6 is 0 Å². The topological polar surface area (TPSA) is 127 Å². The van der Waals surface area contributed by atoms with Crippen molar-refractivity contribution in [3.8, 4) is 0 Å². The van der Waals surface area contributed by atoms with Gasteiger partial charge in [-0.1, -0.05) is 13.3 Å². The highest BCUT2D eigenvalue weighted by Gasteiger charge is 2.05. The summed E-state index contributed by atoms with van der Waals surface area (Å²) in [6.45, 7) is 2.40. The van der Waals surface area contributed by atoms with Crippen LogP contribution in [-0.4, -0.2) is 34.7 Å². The quantitative estimate of drug-likeness (QED) is 0.472. The summed E-state index contributed by atoms with van der Waals surface area (Å²) in [7, 11) is 0. The van der Waals surface area contributed by atoms with Gasteiger partial charge in [-0.15, -0.1) is 0 Å². The van der Waals surface area contributed by atoms with Crippen LogP contribution in [0.1, 0.15) is 39.0 Å². The number of carboxylic acid groups (broad SMARTS) is 2. The molecule has 0 bridgehead atoms. The number of aliphatic carboxylic acids is 2. The smallest absolute Gasteiger partial charge is 0.320 e. The van der Waals surface area contributed by atoms with Crippen LogP contribution in [0.4, 0.5) is 0 Å². The summed E-state index contributed by atoms with van der Waals surface area (Å²) in [5, 5.41) is 16.2. The molecule has 0 spiro atoms. The van der Waals surface area contributed by atoms with Crippen molar-refractivity contribution in [2.24, 2.45) is 11.5 Å². The highest BCUT2D eigenvalue weighted by molar-refractivity contribution is 5.72. The van der Waals surface area contributed by atoms with Crippen LogP contribution in [0.3, 0.4) is 0 Å². The molecule has 0 saturated heterocycles. The van der Waals surface area contributed by atoms with E-state index in [9.17, 15) is 9.59 Å². The molecule has 96 valence electrons. The van der Waals surface area contributed by atoms with Crippen molar-refractivity contribution in [3.05, 3.63) is 0 Å². The molecule has 0 fully saturated rings. The maximum Gasteiger partial charge on any atom is 0.320 e. The number of nitrogens with two attached hydrogens (primary N) is 2. The predicted octanol–water partition coefficient (Wildman–Crippen LogP) is 0.398. The van der Waals surface area contributed by atoms with Crippen molar-refractivity contribution in [2.75, 3.05) is 6.54 Å². The van der Waals surface area contributed by atoms with Crippen LogP contribution in [0.15, 0.2) is 0 Å². The van der Waals surface area contributed by atoms with E-state index in [2.05, 4.69) is 0 Å². The fraction of sp³-hybridized carbons (Fsp3) is 0.800. The third-order valence-electron chi connectivity index (χ3n) is 1.85. The van der Waals surface area contributed by atoms with E-state index in [-0.39, 0.29) is 6.42 Å². The Hall–Kier alpha value is -1.14. The summed E-state index contributed by atoms with van der Waals surface area (Å²) in [4.78, 5) is 19.7. The van der Waals surface area contributed by atoms with Crippen molar-refractivity contribution in [1.82, 2.24) is 0 Å². The van der Waals surface area contributed by atoms with Crippen molar-refractivity contribution in [2.45, 2.75) is 45.1 Å². The number of carboxylic acids is 2. The van der Waals surface area contributed by atoms with Crippen molar-refractivity contribution >= 4 is 11.9 Å². The highest BCUT2D eigenvalue weighted by Crippen LogP contribution is 1.97. The Bertz CT molecular complexity index is 197. The molecule has 0 aromatic rings. The first kappa shape index (κ1) is 17.3. The van der Waals surface area contributed by atoms with Gasteiger partial charge >= 0.3 is 11.9 Å². The van der Waals surface area contributed by atoms with Crippen LogP contribution in [0, 0.1) is 0 Å². The maximum atomic E-state index is 9.93. The normalized spacial score (nSPS) is 11.2. The molecule has 6 heteroatoms. The highest BCUT2D eigenvalue weighted by atomic mass is 16.4. The van der Waals surface area contributed by atoms with E-state index in [1.54, 1.807) is 6.92 Å². The minimum atomic E-state index is -0.928. The zero-order valence-corrected chi connectivity index (χ0v) is 9.69. The van der Waals surface area contributed by atoms with Gasteiger partial charge in [-0.3, -0.25) is 9.59 Å². The molecule has 0 radical (unpaired) electrons. The molecule has 0 aliphatic rings. The minimum absolute atomic E-state index is 0.278. The Labute approximate surface area is 95.6 Å². The SMILES string of the molecule is CCC(N)C(=O)O.NCCCCCC(=O)O. The molecular weight excluding hydrogens is 212 g/mol. The number of rotatable bonds is 7. The summed E-state index contributed by atoms with van der Waals surface area (Å²) in [6.07, 6.45) is 3.40. The summed E-state index contributed by atoms with van der Waals surface area (Å²) < 4.78 is 0. The first-order valence-corrected chi connectivity index (χ1v) is 5.35. The zero-order valence-electron chi connectivity index (χ0n) is 9.69. The molecule has 0 aromatic carbocycles. The van der Waals surface area contributed by atoms with E-state index in [1.165, 1.54) is 0 Å². The molecule has 0 rings (SSSR count). The Morgan fingerprint density at radius 1 is 1.19 bits per heavy atom. The fourth-order valence-corrected chi connectivity index (χ4v) is 0.772. The van der Waals surface area contributed by atoms with Gasteiger partial charge in [-0.25, -0.2) is 0 Å². The van der Waals surface area contributed by atoms with Crippen LogP contribution in [0.25, 0.3) is 0 Å². The average molecular weight is 234 g/mol. The molecule has 0 aliphatic heterocycles. The van der Waals surface area contributed by atoms with Crippen LogP contribution in [0.5, 0.6) is 0 Å². The summed E-state index contributed by atoms with van der Waals surface area (Å²) >= 11 is 0. The fourth-order valence-electron chi connectivity index (χ4n) is 0.772. The molecule has 0 aromatic heterocycles. The van der Waals surface area contributed by atoms with Crippen LogP contribution in [0.2, 0.25) is 0 Å². The van der Waals surface area contributed by atoms with Gasteiger partial charge in [-0.05, 0) is 25.8 Å². The van der Waals surface area contributed by atoms with E-state index in [1.807, 2.05) is 0 Å². The Morgan fingerprint density at radius 2 is 1.75 bits per heavy atom. The summed E-state index contributed by atoms with van der Waals surface area (Å²) in [5.41, 5.74) is 10.2. The molecule has 1 unspecified atom stereocenters. The molecule has 0 amide bonds. The molecule has 6 nitrogen and oxygen atoms in total. The minimum Gasteiger partial charge on any atom is -0.481 e. The average Bonchev–Trinajstić information content (AvgIpc) is 2.23. The molecule has 6 N–H and O–H groups in total. The van der Waals surface area contributed by atoms with Crippen LogP contribution < -0.4 is 11.5 Å². The zero-order chi connectivity index (χ0) is 13.0. The van der Waals surface area contributed by atoms with E-state index in [4.69, 9.17) is 21.7 Å². The van der Waals surface area contributed by atoms with Gasteiger partial charge in [0, 0.05) is 6.42 Å². The number of hydrogen-bond donors (Lipinski definition) is 4. The largest absolute Gasteiger partial charge is 0.481 e. The molecule has 16 heavy (non-hydrogen) atoms. The van der Waals surface area contributed by atoms with E-state index in [0.29, 0.717) is 13.0 Å². The van der Waals surface area contributed by atoms with Crippen molar-refractivity contribution in [1.29, 1.82) is 0 Å². The third-order valence-corrected chi connectivity index (χ3v) is 1.85. The second-order valence-electron chi connectivity index (χ2n) is 3.35. The second kappa shape index (κ2) is 11.9. The van der Waals surface area contributed by atoms with Crippen molar-refractivity contribution < 1.29 is 19.8 Å². The Morgan fingerprint density at radius 3 is 2.00 bits per heavy atom. The lowest BCUT2D eigenvalue weighted by Crippen LogP contribution is -2.28. The molecule has 0 heterocycles. The molecule has 1 atom stereocenters. The maximum absolute atomic E-state index is 9.93. The van der Waals surface area contributed by atoms with Crippen LogP contribution in [-0.2, 0) is 9.59 Å². The van der Waals surface area contributed by atoms with Gasteiger partial charge in [0.15, 0.2) is 0 Å². The first-order valence-electron chi connectivity index (χ1n) is 5.35. The van der Waals surface area contributed by atoms with Gasteiger partial charge in [0.25, 0.3) is 0 Å². The van der Waals surface area contributed by atoms with E-state index < -0.39 is 18.0 Å². The summed E-state index contributed by atoms with van der Waals surface area (Å²) in [6, 6.07) is -0.681. The lowest BCUT2D eigenvalue weighted by Gasteiger charge is -1.97. The standard InChI is InChI=1S/C6H13NO2.C4H9NO2/c7-5-3-1-2-4-6(8)9;1-2-3(5)4(6)7/h1-5,7H2,(H,8,9);3H,2,5H2,1H3,(H,6,7). The molecular formula is C10H22N2O4. The predicted molar refractivity (Wildman–Crippen MR) is 61.1 cm³/mol. The van der Waals surface area contributed by atoms with Gasteiger partial charge in [0.1, 0.15) is 6.04 Å². The second-order valence-corrected chi connectivity index (χ2v) is 3.35. The number of hydrogen-bond acceptors (Lipinski definition) is 4. The van der Waals surface area contributed by atoms with E-state index >= 15 is 0 Å². The third kappa shape index (κ3) is 15.3.